The maximum absolute atomic E-state index is 12.7. The molecule has 0 aromatic heterocycles. The first-order chi connectivity index (χ1) is 13.8. The second-order valence-electron chi connectivity index (χ2n) is 9.09. The van der Waals surface area contributed by atoms with E-state index in [-0.39, 0.29) is 11.5 Å². The minimum absolute atomic E-state index is 0.120. The highest BCUT2D eigenvalue weighted by Crippen LogP contribution is 2.33. The maximum atomic E-state index is 12.7. The van der Waals surface area contributed by atoms with E-state index in [2.05, 4.69) is 14.1 Å². The van der Waals surface area contributed by atoms with Gasteiger partial charge in [-0.2, -0.15) is 13.2 Å². The molecule has 0 radical (unpaired) electrons. The molecule has 1 fully saturated rings. The smallest absolute Gasteiger partial charge is 0.391 e. The Morgan fingerprint density at radius 3 is 2.10 bits per heavy atom. The highest BCUT2D eigenvalue weighted by atomic mass is 32.2. The minimum atomic E-state index is -4.49. The van der Waals surface area contributed by atoms with Crippen LogP contribution >= 0.6 is 0 Å². The Balaban J connectivity index is 1.85. The largest absolute Gasteiger partial charge is 0.416 e. The lowest BCUT2D eigenvalue weighted by Crippen LogP contribution is -2.46. The van der Waals surface area contributed by atoms with Crippen molar-refractivity contribution in [2.45, 2.75) is 43.2 Å². The van der Waals surface area contributed by atoms with Gasteiger partial charge in [-0.05, 0) is 62.3 Å². The summed E-state index contributed by atoms with van der Waals surface area (Å²) >= 11 is 0. The lowest BCUT2D eigenvalue weighted by atomic mass is 9.80. The summed E-state index contributed by atoms with van der Waals surface area (Å²) in [6.07, 6.45) is 0.577. The Morgan fingerprint density at radius 1 is 1.07 bits per heavy atom. The first-order valence-electron chi connectivity index (χ1n) is 10.4. The van der Waals surface area contributed by atoms with Crippen molar-refractivity contribution in [3.8, 4) is 0 Å². The molecule has 1 aromatic carbocycles. The number of halogens is 3. The van der Waals surface area contributed by atoms with Crippen LogP contribution in [0.4, 0.5) is 13.2 Å². The van der Waals surface area contributed by atoms with Crippen LogP contribution in [-0.4, -0.2) is 69.7 Å². The molecular weight excluding hydrogens is 417 g/mol. The van der Waals surface area contributed by atoms with E-state index in [1.165, 1.54) is 11.4 Å². The monoisotopic (exact) mass is 451 g/mol. The van der Waals surface area contributed by atoms with Crippen LogP contribution < -0.4 is 0 Å². The molecule has 1 N–H and O–H groups in total. The average molecular weight is 452 g/mol. The van der Waals surface area contributed by atoms with E-state index in [0.29, 0.717) is 18.4 Å². The molecule has 0 spiro atoms. The number of hydrogen-bond acceptors (Lipinski definition) is 3. The van der Waals surface area contributed by atoms with Crippen LogP contribution in [0.3, 0.4) is 0 Å². The highest BCUT2D eigenvalue weighted by molar-refractivity contribution is 7.89. The molecule has 5 nitrogen and oxygen atoms in total. The summed E-state index contributed by atoms with van der Waals surface area (Å²) in [5, 5.41) is 9.17. The van der Waals surface area contributed by atoms with Gasteiger partial charge < -0.3 is 9.59 Å². The van der Waals surface area contributed by atoms with Gasteiger partial charge in [-0.15, -0.1) is 0 Å². The summed E-state index contributed by atoms with van der Waals surface area (Å²) in [7, 11) is 1.93. The molecule has 1 aliphatic rings. The number of likely N-dealkylation sites (N-methyl/N-ethyl adjacent to an activating group) is 1. The molecular formula is C21H34F3N2O3S+. The fraction of sp³-hybridized carbons (Fsp3) is 0.714. The van der Waals surface area contributed by atoms with Crippen LogP contribution in [0.5, 0.6) is 0 Å². The van der Waals surface area contributed by atoms with Crippen molar-refractivity contribution < 1.29 is 31.2 Å². The van der Waals surface area contributed by atoms with E-state index in [9.17, 15) is 26.7 Å². The summed E-state index contributed by atoms with van der Waals surface area (Å²) in [5.41, 5.74) is -0.860. The van der Waals surface area contributed by atoms with Crippen LogP contribution in [0.15, 0.2) is 29.2 Å². The van der Waals surface area contributed by atoms with Gasteiger partial charge >= 0.3 is 6.18 Å². The first kappa shape index (κ1) is 25.1. The van der Waals surface area contributed by atoms with E-state index in [1.807, 2.05) is 0 Å². The summed E-state index contributed by atoms with van der Waals surface area (Å²) in [6, 6.07) is 3.65. The first-order valence-corrected chi connectivity index (χ1v) is 11.9. The third-order valence-electron chi connectivity index (χ3n) is 6.17. The molecule has 1 aliphatic carbocycles. The molecule has 172 valence electrons. The Hall–Kier alpha value is -1.16. The van der Waals surface area contributed by atoms with Crippen LogP contribution in [0.25, 0.3) is 0 Å². The molecule has 0 heterocycles. The van der Waals surface area contributed by atoms with Gasteiger partial charge in [-0.25, -0.2) is 12.7 Å². The molecule has 0 aliphatic heterocycles. The summed E-state index contributed by atoms with van der Waals surface area (Å²) < 4.78 is 65.4. The standard InChI is InChI=1S/C21H34F3N2O3S/c1-25(30(28,29)20-10-8-19(9-11-20)21(22,23)24)13-12-17-4-6-18(7-5-17)16-26(2,3)14-15-27/h8-11,17-18,27H,4-7,12-16H2,1-3H3/q+1. The van der Waals surface area contributed by atoms with E-state index in [0.717, 1.165) is 73.9 Å². The van der Waals surface area contributed by atoms with Crippen molar-refractivity contribution >= 4 is 10.0 Å². The number of benzene rings is 1. The van der Waals surface area contributed by atoms with Gasteiger partial charge in [0.1, 0.15) is 6.54 Å². The van der Waals surface area contributed by atoms with Crippen molar-refractivity contribution in [1.29, 1.82) is 0 Å². The number of quaternary nitrogens is 1. The summed E-state index contributed by atoms with van der Waals surface area (Å²) in [4.78, 5) is -0.120. The van der Waals surface area contributed by atoms with E-state index < -0.39 is 21.8 Å². The highest BCUT2D eigenvalue weighted by Gasteiger charge is 2.32. The predicted octanol–water partition coefficient (Wildman–Crippen LogP) is 3.59. The van der Waals surface area contributed by atoms with Crippen molar-refractivity contribution in [2.24, 2.45) is 11.8 Å². The van der Waals surface area contributed by atoms with Gasteiger partial charge in [0.2, 0.25) is 10.0 Å². The van der Waals surface area contributed by atoms with Gasteiger partial charge in [0, 0.05) is 19.5 Å². The van der Waals surface area contributed by atoms with Crippen molar-refractivity contribution in [1.82, 2.24) is 4.31 Å². The van der Waals surface area contributed by atoms with E-state index in [4.69, 9.17) is 0 Å². The molecule has 2 rings (SSSR count). The fourth-order valence-electron chi connectivity index (χ4n) is 4.24. The zero-order valence-corrected chi connectivity index (χ0v) is 18.8. The van der Waals surface area contributed by atoms with Crippen LogP contribution in [0.2, 0.25) is 0 Å². The molecule has 0 atom stereocenters. The second-order valence-corrected chi connectivity index (χ2v) is 11.1. The Bertz CT molecular complexity index is 772. The topological polar surface area (TPSA) is 57.6 Å². The van der Waals surface area contributed by atoms with Gasteiger partial charge in [-0.3, -0.25) is 0 Å². The lowest BCUT2D eigenvalue weighted by molar-refractivity contribution is -0.894. The SMILES string of the molecule is CN(CCC1CCC(C[N+](C)(C)CCO)CC1)S(=O)(=O)c1ccc(C(F)(F)F)cc1. The van der Waals surface area contributed by atoms with Gasteiger partial charge in [-0.1, -0.05) is 0 Å². The number of aliphatic hydroxyl groups excluding tert-OH is 1. The molecule has 0 saturated heterocycles. The molecule has 0 bridgehead atoms. The van der Waals surface area contributed by atoms with Gasteiger partial charge in [0.25, 0.3) is 0 Å². The zero-order valence-electron chi connectivity index (χ0n) is 18.0. The van der Waals surface area contributed by atoms with E-state index in [1.54, 1.807) is 0 Å². The molecule has 1 saturated carbocycles. The molecule has 0 amide bonds. The molecule has 9 heteroatoms. The number of rotatable bonds is 9. The number of aliphatic hydroxyl groups is 1. The Morgan fingerprint density at radius 2 is 1.60 bits per heavy atom. The van der Waals surface area contributed by atoms with Gasteiger partial charge in [0.15, 0.2) is 0 Å². The quantitative estimate of drug-likeness (QED) is 0.584. The van der Waals surface area contributed by atoms with Crippen molar-refractivity contribution in [2.75, 3.05) is 47.4 Å². The van der Waals surface area contributed by atoms with Crippen molar-refractivity contribution in [3.05, 3.63) is 29.8 Å². The van der Waals surface area contributed by atoms with Crippen molar-refractivity contribution in [3.63, 3.8) is 0 Å². The van der Waals surface area contributed by atoms with Gasteiger partial charge in [0.05, 0.1) is 37.7 Å². The maximum Gasteiger partial charge on any atom is 0.416 e. The third kappa shape index (κ3) is 6.93. The molecule has 0 unspecified atom stereocenters. The molecule has 1 aromatic rings. The zero-order chi connectivity index (χ0) is 22.6. The average Bonchev–Trinajstić information content (AvgIpc) is 2.66. The second kappa shape index (κ2) is 9.97. The van der Waals surface area contributed by atoms with Crippen LogP contribution in [0, 0.1) is 11.8 Å². The number of alkyl halides is 3. The Labute approximate surface area is 178 Å². The van der Waals surface area contributed by atoms with Crippen LogP contribution in [0.1, 0.15) is 37.7 Å². The third-order valence-corrected chi connectivity index (χ3v) is 8.04. The Kier molecular flexibility index (Phi) is 8.35. The molecule has 30 heavy (non-hydrogen) atoms. The van der Waals surface area contributed by atoms with E-state index >= 15 is 0 Å². The lowest BCUT2D eigenvalue weighted by Gasteiger charge is -2.36. The van der Waals surface area contributed by atoms with Crippen LogP contribution in [-0.2, 0) is 16.2 Å². The number of nitrogens with zero attached hydrogens (tertiary/aromatic N) is 2. The number of sulfonamides is 1. The summed E-state index contributed by atoms with van der Waals surface area (Å²) in [5.74, 6) is 1.08. The fourth-order valence-corrected chi connectivity index (χ4v) is 5.43. The normalized spacial score (nSPS) is 21.2. The summed E-state index contributed by atoms with van der Waals surface area (Å²) in [6.45, 7) is 2.31. The number of hydrogen-bond donors (Lipinski definition) is 1. The predicted molar refractivity (Wildman–Crippen MR) is 110 cm³/mol. The minimum Gasteiger partial charge on any atom is -0.391 e.